The Bertz CT molecular complexity index is 872. The predicted molar refractivity (Wildman–Crippen MR) is 99.5 cm³/mol. The second-order valence-corrected chi connectivity index (χ2v) is 5.87. The first-order chi connectivity index (χ1) is 12.7. The van der Waals surface area contributed by atoms with Gasteiger partial charge >= 0.3 is 0 Å². The zero-order valence-electron chi connectivity index (χ0n) is 14.8. The average molecular weight is 352 g/mol. The molecule has 0 aliphatic carbocycles. The maximum absolute atomic E-state index is 13.3. The summed E-state index contributed by atoms with van der Waals surface area (Å²) >= 11 is 0. The maximum Gasteiger partial charge on any atom is 0.191 e. The molecule has 0 amide bonds. The highest BCUT2D eigenvalue weighted by Gasteiger charge is 2.02. The largest absolute Gasteiger partial charge is 0.352 e. The lowest BCUT2D eigenvalue weighted by atomic mass is 10.1. The van der Waals surface area contributed by atoms with E-state index in [4.69, 9.17) is 0 Å². The fourth-order valence-electron chi connectivity index (χ4n) is 2.52. The van der Waals surface area contributed by atoms with Gasteiger partial charge in [-0.15, -0.1) is 0 Å². The lowest BCUT2D eigenvalue weighted by molar-refractivity contribution is 0.617. The van der Waals surface area contributed by atoms with Gasteiger partial charge in [-0.2, -0.15) is 5.10 Å². The molecule has 0 aliphatic heterocycles. The van der Waals surface area contributed by atoms with Crippen LogP contribution in [0.3, 0.4) is 0 Å². The van der Waals surface area contributed by atoms with E-state index in [0.717, 1.165) is 16.8 Å². The Labute approximate surface area is 151 Å². The Kier molecular flexibility index (Phi) is 5.58. The van der Waals surface area contributed by atoms with Gasteiger partial charge in [-0.05, 0) is 41.8 Å². The lowest BCUT2D eigenvalue weighted by Gasteiger charge is -2.13. The van der Waals surface area contributed by atoms with E-state index in [-0.39, 0.29) is 5.82 Å². The van der Waals surface area contributed by atoms with Crippen LogP contribution in [0.2, 0.25) is 0 Å². The van der Waals surface area contributed by atoms with Crippen molar-refractivity contribution in [2.24, 2.45) is 4.99 Å². The van der Waals surface area contributed by atoms with Gasteiger partial charge in [0.1, 0.15) is 18.5 Å². The smallest absolute Gasteiger partial charge is 0.191 e. The zero-order chi connectivity index (χ0) is 18.4. The fraction of sp³-hybridized carbons (Fsp3) is 0.211. The molecule has 3 aromatic rings. The molecule has 6 nitrogen and oxygen atoms in total. The van der Waals surface area contributed by atoms with Gasteiger partial charge < -0.3 is 10.6 Å². The van der Waals surface area contributed by atoms with Gasteiger partial charge in [-0.3, -0.25) is 4.99 Å². The van der Waals surface area contributed by atoms with Crippen LogP contribution in [0.25, 0.3) is 5.69 Å². The lowest BCUT2D eigenvalue weighted by Crippen LogP contribution is -2.36. The molecule has 0 bridgehead atoms. The van der Waals surface area contributed by atoms with E-state index in [1.54, 1.807) is 31.0 Å². The van der Waals surface area contributed by atoms with Crippen molar-refractivity contribution in [3.8, 4) is 5.69 Å². The molecule has 0 unspecified atom stereocenters. The highest BCUT2D eigenvalue weighted by Crippen LogP contribution is 2.09. The first-order valence-corrected chi connectivity index (χ1v) is 8.29. The molecule has 1 aromatic heterocycles. The van der Waals surface area contributed by atoms with Crippen LogP contribution in [-0.4, -0.2) is 27.8 Å². The third kappa shape index (κ3) is 4.44. The van der Waals surface area contributed by atoms with Crippen LogP contribution < -0.4 is 10.6 Å². The van der Waals surface area contributed by atoms with Crippen molar-refractivity contribution in [3.63, 3.8) is 0 Å². The number of nitrogens with one attached hydrogen (secondary N) is 2. The molecule has 0 saturated heterocycles. The van der Waals surface area contributed by atoms with E-state index in [2.05, 4.69) is 25.7 Å². The predicted octanol–water partition coefficient (Wildman–Crippen LogP) is 2.58. The van der Waals surface area contributed by atoms with Crippen molar-refractivity contribution in [3.05, 3.63) is 77.6 Å². The van der Waals surface area contributed by atoms with E-state index in [9.17, 15) is 4.39 Å². The molecule has 0 spiro atoms. The fourth-order valence-corrected chi connectivity index (χ4v) is 2.52. The van der Waals surface area contributed by atoms with Gasteiger partial charge in [0, 0.05) is 20.1 Å². The van der Waals surface area contributed by atoms with E-state index in [0.29, 0.717) is 24.6 Å². The molecule has 26 heavy (non-hydrogen) atoms. The molecule has 2 N–H and O–H groups in total. The SMILES string of the molecule is CN=C(NCc1ccc(-n2cncn2)cc1)NCc1ccc(F)c(C)c1. The summed E-state index contributed by atoms with van der Waals surface area (Å²) in [5.74, 6) is 0.498. The van der Waals surface area contributed by atoms with Crippen molar-refractivity contribution in [1.82, 2.24) is 25.4 Å². The summed E-state index contributed by atoms with van der Waals surface area (Å²) < 4.78 is 15.0. The van der Waals surface area contributed by atoms with Crippen LogP contribution in [0, 0.1) is 12.7 Å². The standard InChI is InChI=1S/C19H21FN6/c1-14-9-16(5-8-18(14)20)11-24-19(21-2)23-10-15-3-6-17(7-4-15)26-13-22-12-25-26/h3-9,12-13H,10-11H2,1-2H3,(H2,21,23,24). The number of aryl methyl sites for hydroxylation is 1. The molecule has 3 rings (SSSR count). The second kappa shape index (κ2) is 8.24. The minimum Gasteiger partial charge on any atom is -0.352 e. The Morgan fingerprint density at radius 3 is 2.38 bits per heavy atom. The topological polar surface area (TPSA) is 67.1 Å². The third-order valence-corrected chi connectivity index (χ3v) is 3.99. The number of aliphatic imine (C=N–C) groups is 1. The number of hydrogen-bond acceptors (Lipinski definition) is 3. The van der Waals surface area contributed by atoms with Crippen molar-refractivity contribution >= 4 is 5.96 Å². The molecular weight excluding hydrogens is 331 g/mol. The Morgan fingerprint density at radius 2 is 1.77 bits per heavy atom. The van der Waals surface area contributed by atoms with E-state index < -0.39 is 0 Å². The molecule has 134 valence electrons. The summed E-state index contributed by atoms with van der Waals surface area (Å²) in [4.78, 5) is 8.16. The van der Waals surface area contributed by atoms with Crippen LogP contribution in [0.5, 0.6) is 0 Å². The number of nitrogens with zero attached hydrogens (tertiary/aromatic N) is 4. The van der Waals surface area contributed by atoms with Gasteiger partial charge in [0.05, 0.1) is 5.69 Å². The van der Waals surface area contributed by atoms with Gasteiger partial charge in [0.15, 0.2) is 5.96 Å². The Balaban J connectivity index is 1.53. The van der Waals surface area contributed by atoms with Gasteiger partial charge in [-0.1, -0.05) is 24.3 Å². The number of rotatable bonds is 5. The number of aromatic nitrogens is 3. The summed E-state index contributed by atoms with van der Waals surface area (Å²) in [6, 6.07) is 13.1. The van der Waals surface area contributed by atoms with Gasteiger partial charge in [-0.25, -0.2) is 14.1 Å². The van der Waals surface area contributed by atoms with Crippen molar-refractivity contribution in [2.75, 3.05) is 7.05 Å². The number of halogens is 1. The van der Waals surface area contributed by atoms with E-state index >= 15 is 0 Å². The maximum atomic E-state index is 13.3. The highest BCUT2D eigenvalue weighted by atomic mass is 19.1. The molecule has 0 saturated carbocycles. The van der Waals surface area contributed by atoms with Crippen LogP contribution in [-0.2, 0) is 13.1 Å². The monoisotopic (exact) mass is 352 g/mol. The number of hydrogen-bond donors (Lipinski definition) is 2. The number of benzene rings is 2. The molecule has 7 heteroatoms. The van der Waals surface area contributed by atoms with Crippen molar-refractivity contribution in [1.29, 1.82) is 0 Å². The summed E-state index contributed by atoms with van der Waals surface area (Å²) in [5, 5.41) is 10.6. The van der Waals surface area contributed by atoms with Gasteiger partial charge in [0.2, 0.25) is 0 Å². The molecule has 2 aromatic carbocycles. The van der Waals surface area contributed by atoms with Gasteiger partial charge in [0.25, 0.3) is 0 Å². The first-order valence-electron chi connectivity index (χ1n) is 8.29. The molecule has 0 aliphatic rings. The minimum absolute atomic E-state index is 0.189. The minimum atomic E-state index is -0.189. The second-order valence-electron chi connectivity index (χ2n) is 5.87. The highest BCUT2D eigenvalue weighted by molar-refractivity contribution is 5.79. The number of guanidine groups is 1. The Hall–Kier alpha value is -3.22. The zero-order valence-corrected chi connectivity index (χ0v) is 14.8. The molecular formula is C19H21FN6. The normalized spacial score (nSPS) is 11.4. The summed E-state index contributed by atoms with van der Waals surface area (Å²) in [6.45, 7) is 2.97. The van der Waals surface area contributed by atoms with E-state index in [1.807, 2.05) is 30.3 Å². The van der Waals surface area contributed by atoms with Crippen LogP contribution in [0.4, 0.5) is 4.39 Å². The quantitative estimate of drug-likeness (QED) is 0.547. The molecule has 0 atom stereocenters. The summed E-state index contributed by atoms with van der Waals surface area (Å²) in [7, 11) is 1.72. The average Bonchev–Trinajstić information content (AvgIpc) is 3.20. The summed E-state index contributed by atoms with van der Waals surface area (Å²) in [6.07, 6.45) is 3.17. The van der Waals surface area contributed by atoms with Crippen LogP contribution in [0.15, 0.2) is 60.1 Å². The Morgan fingerprint density at radius 1 is 1.08 bits per heavy atom. The van der Waals surface area contributed by atoms with Crippen molar-refractivity contribution < 1.29 is 4.39 Å². The first kappa shape index (κ1) is 17.6. The molecule has 1 heterocycles. The van der Waals surface area contributed by atoms with Crippen LogP contribution >= 0.6 is 0 Å². The molecule has 0 radical (unpaired) electrons. The third-order valence-electron chi connectivity index (χ3n) is 3.99. The molecule has 0 fully saturated rings. The summed E-state index contributed by atoms with van der Waals surface area (Å²) in [5.41, 5.74) is 3.72. The van der Waals surface area contributed by atoms with E-state index in [1.165, 1.54) is 12.4 Å². The van der Waals surface area contributed by atoms with Crippen LogP contribution in [0.1, 0.15) is 16.7 Å². The van der Waals surface area contributed by atoms with Crippen molar-refractivity contribution in [2.45, 2.75) is 20.0 Å².